The van der Waals surface area contributed by atoms with Crippen molar-refractivity contribution in [3.63, 3.8) is 0 Å². The number of hydrogen-bond donors (Lipinski definition) is 1. The number of aryl methyl sites for hydroxylation is 1. The minimum absolute atomic E-state index is 0.395. The highest BCUT2D eigenvalue weighted by molar-refractivity contribution is 6.31. The van der Waals surface area contributed by atoms with E-state index in [1.807, 2.05) is 0 Å². The number of nitrogens with one attached hydrogen (secondary N) is 1. The second kappa shape index (κ2) is 5.19. The first-order valence-electron chi connectivity index (χ1n) is 6.22. The van der Waals surface area contributed by atoms with Crippen molar-refractivity contribution >= 4 is 11.6 Å². The van der Waals surface area contributed by atoms with Crippen molar-refractivity contribution in [1.29, 1.82) is 0 Å². The third kappa shape index (κ3) is 2.41. The van der Waals surface area contributed by atoms with Gasteiger partial charge in [-0.25, -0.2) is 0 Å². The van der Waals surface area contributed by atoms with E-state index in [4.69, 9.17) is 11.6 Å². The molecular formula is C12H20ClN3. The van der Waals surface area contributed by atoms with Crippen molar-refractivity contribution in [2.75, 3.05) is 6.54 Å². The number of nitrogens with zero attached hydrogens (tertiary/aromatic N) is 2. The molecule has 0 aromatic carbocycles. The maximum absolute atomic E-state index is 6.26. The quantitative estimate of drug-likeness (QED) is 0.830. The standard InChI is InChI=1S/C12H20ClN3/c1-3-7-16-12(10(13)8-15-16)11(14-4-2)9-5-6-9/h8-9,11,14H,3-7H2,1-2H3. The SMILES string of the molecule is CCCn1ncc(Cl)c1C(NCC)C1CC1. The molecule has 1 unspecified atom stereocenters. The molecule has 1 aromatic heterocycles. The lowest BCUT2D eigenvalue weighted by Crippen LogP contribution is -2.25. The van der Waals surface area contributed by atoms with Gasteiger partial charge in [0.1, 0.15) is 0 Å². The third-order valence-corrected chi connectivity index (χ3v) is 3.37. The van der Waals surface area contributed by atoms with Gasteiger partial charge >= 0.3 is 0 Å². The van der Waals surface area contributed by atoms with Crippen molar-refractivity contribution < 1.29 is 0 Å². The summed E-state index contributed by atoms with van der Waals surface area (Å²) < 4.78 is 2.06. The van der Waals surface area contributed by atoms with E-state index in [0.29, 0.717) is 6.04 Å². The van der Waals surface area contributed by atoms with E-state index in [0.717, 1.165) is 30.5 Å². The summed E-state index contributed by atoms with van der Waals surface area (Å²) in [7, 11) is 0. The zero-order valence-corrected chi connectivity index (χ0v) is 10.8. The number of rotatable bonds is 6. The molecule has 0 spiro atoms. The molecule has 1 aliphatic carbocycles. The molecule has 1 saturated carbocycles. The van der Waals surface area contributed by atoms with Gasteiger partial charge in [-0.1, -0.05) is 25.4 Å². The normalized spacial score (nSPS) is 17.7. The van der Waals surface area contributed by atoms with Crippen LogP contribution < -0.4 is 5.32 Å². The molecule has 1 aromatic rings. The molecule has 90 valence electrons. The Morgan fingerprint density at radius 1 is 1.56 bits per heavy atom. The molecule has 16 heavy (non-hydrogen) atoms. The molecule has 0 radical (unpaired) electrons. The molecule has 1 N–H and O–H groups in total. The Kier molecular flexibility index (Phi) is 3.87. The molecule has 0 aliphatic heterocycles. The fourth-order valence-electron chi connectivity index (χ4n) is 2.21. The van der Waals surface area contributed by atoms with E-state index in [1.165, 1.54) is 18.5 Å². The van der Waals surface area contributed by atoms with Gasteiger partial charge in [-0.15, -0.1) is 0 Å². The Morgan fingerprint density at radius 3 is 2.88 bits per heavy atom. The van der Waals surface area contributed by atoms with Gasteiger partial charge in [-0.3, -0.25) is 4.68 Å². The summed E-state index contributed by atoms with van der Waals surface area (Å²) in [6.45, 7) is 6.24. The van der Waals surface area contributed by atoms with Gasteiger partial charge in [0.25, 0.3) is 0 Å². The first-order chi connectivity index (χ1) is 7.77. The van der Waals surface area contributed by atoms with Crippen molar-refractivity contribution in [2.24, 2.45) is 5.92 Å². The lowest BCUT2D eigenvalue weighted by atomic mass is 10.1. The van der Waals surface area contributed by atoms with Gasteiger partial charge in [0.05, 0.1) is 23.0 Å². The predicted octanol–water partition coefficient (Wildman–Crippen LogP) is 3.01. The second-order valence-electron chi connectivity index (χ2n) is 4.47. The summed E-state index contributed by atoms with van der Waals surface area (Å²) in [5.41, 5.74) is 1.19. The van der Waals surface area contributed by atoms with Gasteiger partial charge in [-0.05, 0) is 31.7 Å². The van der Waals surface area contributed by atoms with E-state index in [1.54, 1.807) is 6.20 Å². The first-order valence-corrected chi connectivity index (χ1v) is 6.60. The average molecular weight is 242 g/mol. The summed E-state index contributed by atoms with van der Waals surface area (Å²) in [6, 6.07) is 0.395. The van der Waals surface area contributed by atoms with Gasteiger partial charge in [-0.2, -0.15) is 5.10 Å². The zero-order chi connectivity index (χ0) is 11.5. The molecule has 1 atom stereocenters. The van der Waals surface area contributed by atoms with Gasteiger partial charge in [0, 0.05) is 6.54 Å². The van der Waals surface area contributed by atoms with Crippen LogP contribution in [0.4, 0.5) is 0 Å². The van der Waals surface area contributed by atoms with Crippen molar-refractivity contribution in [3.05, 3.63) is 16.9 Å². The minimum atomic E-state index is 0.395. The van der Waals surface area contributed by atoms with E-state index in [9.17, 15) is 0 Å². The lowest BCUT2D eigenvalue weighted by Gasteiger charge is -2.19. The van der Waals surface area contributed by atoms with Crippen molar-refractivity contribution in [1.82, 2.24) is 15.1 Å². The fourth-order valence-corrected chi connectivity index (χ4v) is 2.47. The second-order valence-corrected chi connectivity index (χ2v) is 4.88. The predicted molar refractivity (Wildman–Crippen MR) is 66.7 cm³/mol. The molecule has 0 bridgehead atoms. The molecule has 1 fully saturated rings. The van der Waals surface area contributed by atoms with Crippen LogP contribution >= 0.6 is 11.6 Å². The van der Waals surface area contributed by atoms with E-state index >= 15 is 0 Å². The van der Waals surface area contributed by atoms with Crippen LogP contribution in [0.15, 0.2) is 6.20 Å². The molecule has 1 aliphatic rings. The van der Waals surface area contributed by atoms with Crippen LogP contribution in [0.3, 0.4) is 0 Å². The summed E-state index contributed by atoms with van der Waals surface area (Å²) in [5.74, 6) is 0.754. The highest BCUT2D eigenvalue weighted by atomic mass is 35.5. The third-order valence-electron chi connectivity index (χ3n) is 3.08. The van der Waals surface area contributed by atoms with Gasteiger partial charge in [0.2, 0.25) is 0 Å². The van der Waals surface area contributed by atoms with E-state index in [-0.39, 0.29) is 0 Å². The number of hydrogen-bond acceptors (Lipinski definition) is 2. The van der Waals surface area contributed by atoms with Crippen LogP contribution in [-0.4, -0.2) is 16.3 Å². The Labute approximate surface area is 102 Å². The van der Waals surface area contributed by atoms with Crippen molar-refractivity contribution in [3.8, 4) is 0 Å². The molecule has 0 amide bonds. The smallest absolute Gasteiger partial charge is 0.0834 e. The van der Waals surface area contributed by atoms with Crippen LogP contribution in [0.25, 0.3) is 0 Å². The largest absolute Gasteiger partial charge is 0.309 e. The Morgan fingerprint density at radius 2 is 2.31 bits per heavy atom. The Hall–Kier alpha value is -0.540. The van der Waals surface area contributed by atoms with Crippen LogP contribution in [0.1, 0.15) is 44.8 Å². The molecule has 1 heterocycles. The summed E-state index contributed by atoms with van der Waals surface area (Å²) >= 11 is 6.26. The zero-order valence-electron chi connectivity index (χ0n) is 10.0. The maximum Gasteiger partial charge on any atom is 0.0834 e. The number of halogens is 1. The molecule has 0 saturated heterocycles. The monoisotopic (exact) mass is 241 g/mol. The summed E-state index contributed by atoms with van der Waals surface area (Å²) in [4.78, 5) is 0. The van der Waals surface area contributed by atoms with Crippen LogP contribution in [0.2, 0.25) is 5.02 Å². The summed E-state index contributed by atoms with van der Waals surface area (Å²) in [5, 5.41) is 8.72. The molecule has 3 nitrogen and oxygen atoms in total. The van der Waals surface area contributed by atoms with Gasteiger partial charge < -0.3 is 5.32 Å². The topological polar surface area (TPSA) is 29.9 Å². The van der Waals surface area contributed by atoms with Crippen LogP contribution in [0.5, 0.6) is 0 Å². The van der Waals surface area contributed by atoms with Crippen molar-refractivity contribution in [2.45, 2.75) is 45.7 Å². The van der Waals surface area contributed by atoms with Crippen LogP contribution in [-0.2, 0) is 6.54 Å². The maximum atomic E-state index is 6.26. The van der Waals surface area contributed by atoms with Gasteiger partial charge in [0.15, 0.2) is 0 Å². The lowest BCUT2D eigenvalue weighted by molar-refractivity contribution is 0.443. The highest BCUT2D eigenvalue weighted by Crippen LogP contribution is 2.42. The molecule has 4 heteroatoms. The Balaban J connectivity index is 2.23. The van der Waals surface area contributed by atoms with E-state index < -0.39 is 0 Å². The first kappa shape index (κ1) is 11.9. The Bertz CT molecular complexity index is 344. The average Bonchev–Trinajstić information content (AvgIpc) is 3.03. The molecule has 2 rings (SSSR count). The van der Waals surface area contributed by atoms with E-state index in [2.05, 4.69) is 28.9 Å². The fraction of sp³-hybridized carbons (Fsp3) is 0.750. The summed E-state index contributed by atoms with van der Waals surface area (Å²) in [6.07, 6.45) is 5.49. The van der Waals surface area contributed by atoms with Crippen LogP contribution in [0, 0.1) is 5.92 Å². The highest BCUT2D eigenvalue weighted by Gasteiger charge is 2.35. The molecular weight excluding hydrogens is 222 g/mol. The minimum Gasteiger partial charge on any atom is -0.309 e. The number of aromatic nitrogens is 2.